The van der Waals surface area contributed by atoms with Crippen molar-refractivity contribution in [2.45, 2.75) is 57.3 Å². The second kappa shape index (κ2) is 12.0. The quantitative estimate of drug-likeness (QED) is 0.296. The number of fused-ring (bicyclic) bond motifs is 2. The molecular formula is C29H37BrN6O4. The molecule has 2 aromatic rings. The van der Waals surface area contributed by atoms with E-state index in [1.165, 1.54) is 11.6 Å². The molecule has 0 bridgehead atoms. The van der Waals surface area contributed by atoms with Crippen molar-refractivity contribution in [3.63, 3.8) is 0 Å². The average Bonchev–Trinajstić information content (AvgIpc) is 3.31. The van der Waals surface area contributed by atoms with Crippen LogP contribution in [-0.2, 0) is 17.6 Å². The van der Waals surface area contributed by atoms with Gasteiger partial charge < -0.3 is 31.5 Å². The van der Waals surface area contributed by atoms with Gasteiger partial charge in [-0.2, -0.15) is 4.99 Å². The molecule has 214 valence electrons. The zero-order valence-corrected chi connectivity index (χ0v) is 24.1. The predicted octanol–water partition coefficient (Wildman–Crippen LogP) is 3.61. The van der Waals surface area contributed by atoms with Crippen LogP contribution in [0.2, 0.25) is 0 Å². The summed E-state index contributed by atoms with van der Waals surface area (Å²) < 4.78 is 0.938. The third-order valence-electron chi connectivity index (χ3n) is 8.67. The molecule has 11 heteroatoms. The van der Waals surface area contributed by atoms with Gasteiger partial charge in [0.05, 0.1) is 5.69 Å². The fraction of sp³-hybridized carbons (Fsp3) is 0.517. The molecule has 2 unspecified atom stereocenters. The molecule has 0 radical (unpaired) electrons. The number of carbonyl (C=O) groups excluding carboxylic acids is 2. The van der Waals surface area contributed by atoms with Crippen molar-refractivity contribution in [3.8, 4) is 11.5 Å². The number of aromatic hydroxyl groups is 2. The number of halogens is 1. The first-order valence-electron chi connectivity index (χ1n) is 14.0. The fourth-order valence-electron chi connectivity index (χ4n) is 6.62. The van der Waals surface area contributed by atoms with Gasteiger partial charge in [-0.25, -0.2) is 4.79 Å². The van der Waals surface area contributed by atoms with Crippen LogP contribution in [0.3, 0.4) is 0 Å². The van der Waals surface area contributed by atoms with Crippen LogP contribution >= 0.6 is 15.9 Å². The number of likely N-dealkylation sites (tertiary alicyclic amines) is 2. The second-order valence-corrected chi connectivity index (χ2v) is 12.2. The number of hydrogen-bond donors (Lipinski definition) is 4. The molecule has 6 N–H and O–H groups in total. The highest BCUT2D eigenvalue weighted by molar-refractivity contribution is 9.10. The lowest BCUT2D eigenvalue weighted by Gasteiger charge is -2.33. The summed E-state index contributed by atoms with van der Waals surface area (Å²) in [5.41, 5.74) is 15.0. The molecular weight excluding hydrogens is 576 g/mol. The Labute approximate surface area is 242 Å². The van der Waals surface area contributed by atoms with Crippen molar-refractivity contribution >= 4 is 33.8 Å². The maximum atomic E-state index is 13.0. The van der Waals surface area contributed by atoms with Crippen LogP contribution in [0.25, 0.3) is 0 Å². The third kappa shape index (κ3) is 6.35. The van der Waals surface area contributed by atoms with Crippen LogP contribution in [0.5, 0.6) is 11.5 Å². The Morgan fingerprint density at radius 1 is 0.975 bits per heavy atom. The van der Waals surface area contributed by atoms with Gasteiger partial charge in [0.25, 0.3) is 0 Å². The number of phenols is 2. The molecule has 1 aromatic carbocycles. The van der Waals surface area contributed by atoms with Crippen molar-refractivity contribution in [2.24, 2.45) is 28.3 Å². The van der Waals surface area contributed by atoms with E-state index < -0.39 is 6.03 Å². The predicted molar refractivity (Wildman–Crippen MR) is 155 cm³/mol. The lowest BCUT2D eigenvalue weighted by atomic mass is 9.82. The molecule has 3 amide bonds. The largest absolute Gasteiger partial charge is 0.508 e. The van der Waals surface area contributed by atoms with Gasteiger partial charge in [0.1, 0.15) is 11.5 Å². The number of amides is 3. The van der Waals surface area contributed by atoms with Crippen LogP contribution in [0, 0.1) is 11.8 Å². The number of aryl methyl sites for hydroxylation is 2. The number of nitrogens with zero attached hydrogens (tertiary/aromatic N) is 4. The maximum absolute atomic E-state index is 13.0. The molecule has 2 aliphatic heterocycles. The molecule has 40 heavy (non-hydrogen) atoms. The number of nitrogens with two attached hydrogens (primary N) is 2. The van der Waals surface area contributed by atoms with Gasteiger partial charge in [-0.3, -0.25) is 9.78 Å². The first-order valence-corrected chi connectivity index (χ1v) is 14.8. The summed E-state index contributed by atoms with van der Waals surface area (Å²) in [6.07, 6.45) is 8.37. The van der Waals surface area contributed by atoms with E-state index in [9.17, 15) is 19.8 Å². The monoisotopic (exact) mass is 612 g/mol. The fourth-order valence-corrected chi connectivity index (χ4v) is 7.00. The lowest BCUT2D eigenvalue weighted by molar-refractivity contribution is -0.133. The van der Waals surface area contributed by atoms with Gasteiger partial charge >= 0.3 is 6.03 Å². The van der Waals surface area contributed by atoms with Crippen LogP contribution in [-0.4, -0.2) is 69.1 Å². The molecule has 2 atom stereocenters. The summed E-state index contributed by atoms with van der Waals surface area (Å²) in [7, 11) is 0. The first kappa shape index (κ1) is 28.2. The minimum atomic E-state index is -0.812. The highest BCUT2D eigenvalue weighted by atomic mass is 79.9. The summed E-state index contributed by atoms with van der Waals surface area (Å²) in [4.78, 5) is 36.2. The van der Waals surface area contributed by atoms with E-state index in [1.807, 2.05) is 16.0 Å². The summed E-state index contributed by atoms with van der Waals surface area (Å²) in [5.74, 6) is 1.13. The van der Waals surface area contributed by atoms with Crippen molar-refractivity contribution < 1.29 is 19.8 Å². The third-order valence-corrected chi connectivity index (χ3v) is 9.10. The van der Waals surface area contributed by atoms with E-state index in [-0.39, 0.29) is 35.2 Å². The van der Waals surface area contributed by atoms with Gasteiger partial charge in [-0.15, -0.1) is 0 Å². The maximum Gasteiger partial charge on any atom is 0.341 e. The number of phenolic OH excluding ortho intramolecular Hbond substituents is 2. The zero-order valence-electron chi connectivity index (χ0n) is 22.6. The molecule has 2 saturated heterocycles. The van der Waals surface area contributed by atoms with E-state index in [0.29, 0.717) is 25.4 Å². The molecule has 1 aliphatic carbocycles. The average molecular weight is 614 g/mol. The molecule has 2 fully saturated rings. The minimum Gasteiger partial charge on any atom is -0.508 e. The number of benzene rings is 1. The number of guanidine groups is 1. The van der Waals surface area contributed by atoms with Crippen LogP contribution < -0.4 is 11.5 Å². The van der Waals surface area contributed by atoms with E-state index in [0.717, 1.165) is 79.3 Å². The van der Waals surface area contributed by atoms with Gasteiger partial charge in [0.2, 0.25) is 11.9 Å². The number of aliphatic imine (C=N–C) groups is 1. The van der Waals surface area contributed by atoms with Crippen molar-refractivity contribution in [1.29, 1.82) is 0 Å². The number of piperidine rings is 1. The Morgan fingerprint density at radius 3 is 2.42 bits per heavy atom. The molecule has 3 heterocycles. The van der Waals surface area contributed by atoms with Crippen molar-refractivity contribution in [3.05, 3.63) is 51.3 Å². The highest BCUT2D eigenvalue weighted by Gasteiger charge is 2.32. The number of aromatic nitrogens is 1. The Balaban J connectivity index is 1.18. The lowest BCUT2D eigenvalue weighted by Crippen LogP contribution is -2.40. The minimum absolute atomic E-state index is 0.0447. The van der Waals surface area contributed by atoms with Crippen LogP contribution in [0.15, 0.2) is 33.9 Å². The number of hydrogen-bond acceptors (Lipinski definition) is 5. The smallest absolute Gasteiger partial charge is 0.341 e. The van der Waals surface area contributed by atoms with Gasteiger partial charge in [-0.1, -0.05) is 0 Å². The van der Waals surface area contributed by atoms with E-state index in [4.69, 9.17) is 16.5 Å². The molecule has 10 nitrogen and oxygen atoms in total. The topological polar surface area (TPSA) is 158 Å². The molecule has 1 aromatic heterocycles. The standard InChI is InChI=1S/C29H37BrN6O4/c30-21-12-20-3-2-19-13-22(37)14-24(38)26(19)23(27(20)33-15-21)4-1-17-5-8-35(9-6-17)25(39)11-18-7-10-36(16-18)28(31)34-29(32)40/h12-15,17-18,23,37-38H,1-11,16H2,(H4,31,32,34,40). The number of urea groups is 1. The zero-order chi connectivity index (χ0) is 28.4. The van der Waals surface area contributed by atoms with Crippen molar-refractivity contribution in [1.82, 2.24) is 14.8 Å². The number of pyridine rings is 1. The Kier molecular flexibility index (Phi) is 8.48. The molecule has 0 spiro atoms. The summed E-state index contributed by atoms with van der Waals surface area (Å²) in [5, 5.41) is 21.0. The second-order valence-electron chi connectivity index (χ2n) is 11.3. The molecule has 0 saturated carbocycles. The number of rotatable bonds is 5. The van der Waals surface area contributed by atoms with Crippen LogP contribution in [0.1, 0.15) is 66.8 Å². The number of carbonyl (C=O) groups is 2. The SMILES string of the molecule is NC(=O)/N=C(\N)N1CCC(CC(=O)N2CCC(CCC3c4ncc(Br)cc4CCc4cc(O)cc(O)c43)CC2)C1. The van der Waals surface area contributed by atoms with Gasteiger partial charge in [0.15, 0.2) is 0 Å². The molecule has 3 aliphatic rings. The normalized spacial score (nSPS) is 21.6. The Hall–Kier alpha value is -3.34. The summed E-state index contributed by atoms with van der Waals surface area (Å²) in [6, 6.07) is 4.51. The van der Waals surface area contributed by atoms with Crippen molar-refractivity contribution in [2.75, 3.05) is 26.2 Å². The van der Waals surface area contributed by atoms with Gasteiger partial charge in [0, 0.05) is 60.8 Å². The Bertz CT molecular complexity index is 1310. The van der Waals surface area contributed by atoms with E-state index in [2.05, 4.69) is 27.0 Å². The summed E-state index contributed by atoms with van der Waals surface area (Å²) >= 11 is 3.55. The van der Waals surface area contributed by atoms with Crippen LogP contribution in [0.4, 0.5) is 4.79 Å². The van der Waals surface area contributed by atoms with E-state index >= 15 is 0 Å². The summed E-state index contributed by atoms with van der Waals surface area (Å²) in [6.45, 7) is 2.75. The highest BCUT2D eigenvalue weighted by Crippen LogP contribution is 2.44. The van der Waals surface area contributed by atoms with Gasteiger partial charge in [-0.05, 0) is 96.0 Å². The number of primary amides is 1. The van der Waals surface area contributed by atoms with E-state index in [1.54, 1.807) is 6.07 Å². The first-order chi connectivity index (χ1) is 19.2. The Morgan fingerprint density at radius 2 is 1.68 bits per heavy atom. The molecule has 5 rings (SSSR count).